The van der Waals surface area contributed by atoms with Crippen LogP contribution >= 0.6 is 0 Å². The molecule has 1 atom stereocenters. The smallest absolute Gasteiger partial charge is 0.350 e. The van der Waals surface area contributed by atoms with E-state index in [1.54, 1.807) is 4.90 Å². The van der Waals surface area contributed by atoms with Gasteiger partial charge in [0.2, 0.25) is 0 Å². The predicted octanol–water partition coefficient (Wildman–Crippen LogP) is 4.29. The molecule has 0 spiro atoms. The second-order valence-electron chi connectivity index (χ2n) is 7.07. The fraction of sp³-hybridized carbons (Fsp3) is 0.421. The number of hydrogen-bond acceptors (Lipinski definition) is 3. The summed E-state index contributed by atoms with van der Waals surface area (Å²) in [6, 6.07) is 9.82. The highest BCUT2D eigenvalue weighted by Gasteiger charge is 2.48. The number of pyridine rings is 1. The van der Waals surface area contributed by atoms with Gasteiger partial charge >= 0.3 is 6.18 Å². The van der Waals surface area contributed by atoms with Gasteiger partial charge in [-0.25, -0.2) is 13.8 Å². The van der Waals surface area contributed by atoms with Gasteiger partial charge in [-0.2, -0.15) is 13.2 Å². The summed E-state index contributed by atoms with van der Waals surface area (Å²) in [7, 11) is 0. The number of piperazine rings is 1. The van der Waals surface area contributed by atoms with Crippen LogP contribution in [-0.2, 0) is 18.6 Å². The van der Waals surface area contributed by atoms with E-state index in [-0.39, 0.29) is 5.82 Å². The van der Waals surface area contributed by atoms with E-state index in [0.29, 0.717) is 38.4 Å². The third-order valence-electron chi connectivity index (χ3n) is 5.17. The minimum atomic E-state index is -4.69. The Balaban J connectivity index is 1.58. The number of aromatic nitrogens is 1. The minimum absolute atomic E-state index is 0.0244. The molecule has 0 bridgehead atoms. The van der Waals surface area contributed by atoms with E-state index in [2.05, 4.69) is 9.88 Å². The molecule has 3 nitrogen and oxygen atoms in total. The summed E-state index contributed by atoms with van der Waals surface area (Å²) >= 11 is 0. The molecule has 3 heterocycles. The number of rotatable bonds is 2. The molecule has 0 radical (unpaired) electrons. The Labute approximate surface area is 153 Å². The molecule has 144 valence electrons. The first-order valence-corrected chi connectivity index (χ1v) is 8.72. The van der Waals surface area contributed by atoms with Crippen LogP contribution in [-0.4, -0.2) is 35.6 Å². The van der Waals surface area contributed by atoms with Gasteiger partial charge in [0.25, 0.3) is 5.92 Å². The highest BCUT2D eigenvalue weighted by molar-refractivity contribution is 5.55. The van der Waals surface area contributed by atoms with Gasteiger partial charge in [-0.15, -0.1) is 0 Å². The van der Waals surface area contributed by atoms with Gasteiger partial charge in [-0.1, -0.05) is 30.3 Å². The lowest BCUT2D eigenvalue weighted by molar-refractivity contribution is -0.138. The van der Waals surface area contributed by atoms with Crippen molar-refractivity contribution in [2.45, 2.75) is 31.1 Å². The average molecular weight is 383 g/mol. The Morgan fingerprint density at radius 2 is 1.85 bits per heavy atom. The zero-order valence-electron chi connectivity index (χ0n) is 14.4. The van der Waals surface area contributed by atoms with Gasteiger partial charge in [0.05, 0.1) is 11.1 Å². The van der Waals surface area contributed by atoms with E-state index < -0.39 is 35.7 Å². The fourth-order valence-electron chi connectivity index (χ4n) is 3.87. The molecule has 0 aliphatic carbocycles. The summed E-state index contributed by atoms with van der Waals surface area (Å²) in [6.07, 6.45) is -4.55. The molecule has 1 aromatic carbocycles. The van der Waals surface area contributed by atoms with Crippen LogP contribution in [0, 0.1) is 0 Å². The lowest BCUT2D eigenvalue weighted by Gasteiger charge is -2.47. The third kappa shape index (κ3) is 3.50. The van der Waals surface area contributed by atoms with Crippen LogP contribution in [0.15, 0.2) is 42.6 Å². The molecule has 1 saturated heterocycles. The molecule has 0 amide bonds. The summed E-state index contributed by atoms with van der Waals surface area (Å²) in [4.78, 5) is 7.61. The number of fused-ring (bicyclic) bond motifs is 3. The summed E-state index contributed by atoms with van der Waals surface area (Å²) in [6.45, 7) is 2.18. The van der Waals surface area contributed by atoms with Crippen molar-refractivity contribution in [3.05, 3.63) is 59.3 Å². The van der Waals surface area contributed by atoms with Crippen molar-refractivity contribution in [2.24, 2.45) is 0 Å². The van der Waals surface area contributed by atoms with Crippen LogP contribution in [0.25, 0.3) is 0 Å². The number of hydrogen-bond donors (Lipinski definition) is 0. The van der Waals surface area contributed by atoms with Gasteiger partial charge in [-0.05, 0) is 11.6 Å². The molecule has 8 heteroatoms. The van der Waals surface area contributed by atoms with Crippen LogP contribution in [0.1, 0.15) is 23.1 Å². The number of nitrogens with zero attached hydrogens (tertiary/aromatic N) is 3. The maximum atomic E-state index is 14.6. The largest absolute Gasteiger partial charge is 0.417 e. The monoisotopic (exact) mass is 383 g/mol. The Morgan fingerprint density at radius 3 is 2.56 bits per heavy atom. The molecular formula is C19H18F5N3. The van der Waals surface area contributed by atoms with Crippen LogP contribution in [0.5, 0.6) is 0 Å². The molecule has 27 heavy (non-hydrogen) atoms. The minimum Gasteiger partial charge on any atom is -0.350 e. The normalized spacial score (nSPS) is 22.3. The molecule has 1 unspecified atom stereocenters. The Bertz CT molecular complexity index is 822. The SMILES string of the molecule is FC(F)(F)c1cnc2c(c1)C(F)(F)CC1CN(Cc3ccccc3)CCN21. The van der Waals surface area contributed by atoms with E-state index in [4.69, 9.17) is 0 Å². The van der Waals surface area contributed by atoms with Gasteiger partial charge in [0.15, 0.2) is 0 Å². The molecular weight excluding hydrogens is 365 g/mol. The zero-order chi connectivity index (χ0) is 19.2. The summed E-state index contributed by atoms with van der Waals surface area (Å²) in [5.74, 6) is -3.36. The van der Waals surface area contributed by atoms with Crippen molar-refractivity contribution < 1.29 is 22.0 Å². The molecule has 2 aromatic rings. The highest BCUT2D eigenvalue weighted by atomic mass is 19.4. The number of benzene rings is 1. The molecule has 0 N–H and O–H groups in total. The molecule has 0 saturated carbocycles. The van der Waals surface area contributed by atoms with E-state index in [0.717, 1.165) is 5.56 Å². The van der Waals surface area contributed by atoms with Gasteiger partial charge in [0.1, 0.15) is 5.82 Å². The van der Waals surface area contributed by atoms with Gasteiger partial charge < -0.3 is 4.90 Å². The van der Waals surface area contributed by atoms with Crippen molar-refractivity contribution in [3.63, 3.8) is 0 Å². The zero-order valence-corrected chi connectivity index (χ0v) is 14.4. The van der Waals surface area contributed by atoms with Crippen LogP contribution < -0.4 is 4.90 Å². The number of anilines is 1. The predicted molar refractivity (Wildman–Crippen MR) is 90.6 cm³/mol. The average Bonchev–Trinajstić information content (AvgIpc) is 2.61. The lowest BCUT2D eigenvalue weighted by Crippen LogP contribution is -2.57. The van der Waals surface area contributed by atoms with Crippen molar-refractivity contribution in [3.8, 4) is 0 Å². The summed E-state index contributed by atoms with van der Waals surface area (Å²) in [5.41, 5.74) is -0.658. The maximum absolute atomic E-state index is 14.6. The summed E-state index contributed by atoms with van der Waals surface area (Å²) < 4.78 is 68.0. The molecule has 1 aromatic heterocycles. The Hall–Kier alpha value is -2.22. The first kappa shape index (κ1) is 18.2. The first-order chi connectivity index (χ1) is 12.7. The van der Waals surface area contributed by atoms with E-state index in [1.165, 1.54) is 0 Å². The van der Waals surface area contributed by atoms with Gasteiger partial charge in [-0.3, -0.25) is 4.90 Å². The molecule has 1 fully saturated rings. The van der Waals surface area contributed by atoms with Crippen LogP contribution in [0.2, 0.25) is 0 Å². The number of halogens is 5. The fourth-order valence-corrected chi connectivity index (χ4v) is 3.87. The van der Waals surface area contributed by atoms with Gasteiger partial charge in [0, 0.05) is 44.8 Å². The van der Waals surface area contributed by atoms with Crippen LogP contribution in [0.4, 0.5) is 27.8 Å². The van der Waals surface area contributed by atoms with Crippen molar-refractivity contribution in [1.29, 1.82) is 0 Å². The Morgan fingerprint density at radius 1 is 1.11 bits per heavy atom. The standard InChI is InChI=1S/C19H18F5N3/c20-18(21)9-15-12-26(11-13-4-2-1-3-5-13)6-7-27(15)17-16(18)8-14(10-25-17)19(22,23)24/h1-5,8,10,15H,6-7,9,11-12H2. The third-order valence-corrected chi connectivity index (χ3v) is 5.17. The van der Waals surface area contributed by atoms with Crippen LogP contribution in [0.3, 0.4) is 0 Å². The van der Waals surface area contributed by atoms with E-state index in [1.807, 2.05) is 30.3 Å². The second-order valence-corrected chi connectivity index (χ2v) is 7.07. The van der Waals surface area contributed by atoms with Crippen molar-refractivity contribution >= 4 is 5.82 Å². The van der Waals surface area contributed by atoms with E-state index >= 15 is 0 Å². The van der Waals surface area contributed by atoms with E-state index in [9.17, 15) is 22.0 Å². The quantitative estimate of drug-likeness (QED) is 0.722. The lowest BCUT2D eigenvalue weighted by atomic mass is 9.92. The second kappa shape index (κ2) is 6.44. The van der Waals surface area contributed by atoms with Crippen molar-refractivity contribution in [2.75, 3.05) is 24.5 Å². The number of alkyl halides is 5. The molecule has 2 aliphatic heterocycles. The maximum Gasteiger partial charge on any atom is 0.417 e. The molecule has 2 aliphatic rings. The molecule has 4 rings (SSSR count). The summed E-state index contributed by atoms with van der Waals surface area (Å²) in [5, 5.41) is 0. The highest BCUT2D eigenvalue weighted by Crippen LogP contribution is 2.46. The Kier molecular flexibility index (Phi) is 4.33. The topological polar surface area (TPSA) is 19.4 Å². The first-order valence-electron chi connectivity index (χ1n) is 8.72. The van der Waals surface area contributed by atoms with Crippen molar-refractivity contribution in [1.82, 2.24) is 9.88 Å².